The molecular formula is C14H21N. The topological polar surface area (TPSA) is 23.8 Å². The minimum Gasteiger partial charge on any atom is -0.193 e. The first-order chi connectivity index (χ1) is 7.13. The Hall–Kier alpha value is -0.770. The lowest BCUT2D eigenvalue weighted by Gasteiger charge is -2.20. The van der Waals surface area contributed by atoms with Crippen LogP contribution in [0.3, 0.4) is 0 Å². The molecule has 1 nitrogen and oxygen atoms in total. The highest BCUT2D eigenvalue weighted by Crippen LogP contribution is 2.53. The summed E-state index contributed by atoms with van der Waals surface area (Å²) in [5, 5.41) is 9.21. The summed E-state index contributed by atoms with van der Waals surface area (Å²) in [4.78, 5) is 0. The third-order valence-electron chi connectivity index (χ3n) is 4.14. The number of nitriles is 1. The third kappa shape index (κ3) is 2.43. The predicted molar refractivity (Wildman–Crippen MR) is 62.2 cm³/mol. The third-order valence-corrected chi connectivity index (χ3v) is 4.14. The van der Waals surface area contributed by atoms with Gasteiger partial charge in [0, 0.05) is 5.57 Å². The van der Waals surface area contributed by atoms with Gasteiger partial charge in [0.2, 0.25) is 0 Å². The molecule has 0 saturated heterocycles. The lowest BCUT2D eigenvalue weighted by molar-refractivity contribution is 0.408. The van der Waals surface area contributed by atoms with Crippen molar-refractivity contribution in [1.82, 2.24) is 0 Å². The number of nitrogens with zero attached hydrogens (tertiary/aromatic N) is 1. The summed E-state index contributed by atoms with van der Waals surface area (Å²) in [6.07, 6.45) is 10.0. The van der Waals surface area contributed by atoms with Gasteiger partial charge in [0.25, 0.3) is 0 Å². The molecule has 1 unspecified atom stereocenters. The standard InChI is InChI=1S/C14H21N/c1-14(2)9-13(14)8-12(10-15)11-6-4-3-5-7-11/h8,11,13H,3-7,9H2,1-2H3/b12-8+. The molecule has 0 aromatic rings. The second-order valence-corrected chi connectivity index (χ2v) is 5.87. The van der Waals surface area contributed by atoms with E-state index < -0.39 is 0 Å². The number of hydrogen-bond donors (Lipinski definition) is 0. The Morgan fingerprint density at radius 3 is 2.33 bits per heavy atom. The van der Waals surface area contributed by atoms with Crippen molar-refractivity contribution in [2.45, 2.75) is 52.4 Å². The largest absolute Gasteiger partial charge is 0.193 e. The van der Waals surface area contributed by atoms with Gasteiger partial charge in [-0.15, -0.1) is 0 Å². The number of hydrogen-bond acceptors (Lipinski definition) is 1. The first-order valence-electron chi connectivity index (χ1n) is 6.25. The van der Waals surface area contributed by atoms with E-state index in [0.717, 1.165) is 5.57 Å². The fourth-order valence-electron chi connectivity index (χ4n) is 2.69. The smallest absolute Gasteiger partial charge is 0.0946 e. The van der Waals surface area contributed by atoms with Gasteiger partial charge in [-0.1, -0.05) is 39.2 Å². The maximum atomic E-state index is 9.21. The van der Waals surface area contributed by atoms with Gasteiger partial charge in [0.1, 0.15) is 0 Å². The summed E-state index contributed by atoms with van der Waals surface area (Å²) in [6.45, 7) is 4.59. The summed E-state index contributed by atoms with van der Waals surface area (Å²) in [5.41, 5.74) is 1.56. The molecule has 2 fully saturated rings. The first kappa shape index (κ1) is 10.7. The normalized spacial score (nSPS) is 31.0. The Bertz CT molecular complexity index is 300. The zero-order chi connectivity index (χ0) is 10.9. The van der Waals surface area contributed by atoms with Crippen LogP contribution in [0.5, 0.6) is 0 Å². The summed E-state index contributed by atoms with van der Waals surface area (Å²) in [6, 6.07) is 2.44. The van der Waals surface area contributed by atoms with E-state index in [1.165, 1.54) is 38.5 Å². The van der Waals surface area contributed by atoms with E-state index in [2.05, 4.69) is 26.0 Å². The molecule has 0 aliphatic heterocycles. The van der Waals surface area contributed by atoms with Crippen molar-refractivity contribution in [3.05, 3.63) is 11.6 Å². The van der Waals surface area contributed by atoms with Gasteiger partial charge in [-0.25, -0.2) is 0 Å². The highest BCUT2D eigenvalue weighted by atomic mass is 14.5. The van der Waals surface area contributed by atoms with Gasteiger partial charge in [0.15, 0.2) is 0 Å². The van der Waals surface area contributed by atoms with Gasteiger partial charge < -0.3 is 0 Å². The van der Waals surface area contributed by atoms with Crippen LogP contribution in [0.25, 0.3) is 0 Å². The van der Waals surface area contributed by atoms with E-state index in [1.54, 1.807) is 0 Å². The van der Waals surface area contributed by atoms with E-state index in [-0.39, 0.29) is 0 Å². The minimum absolute atomic E-state index is 0.469. The van der Waals surface area contributed by atoms with Crippen LogP contribution in [-0.4, -0.2) is 0 Å². The van der Waals surface area contributed by atoms with Crippen LogP contribution in [0.2, 0.25) is 0 Å². The Balaban J connectivity index is 2.01. The molecule has 1 atom stereocenters. The molecule has 0 amide bonds. The van der Waals surface area contributed by atoms with E-state index in [0.29, 0.717) is 17.3 Å². The SMILES string of the molecule is CC1(C)CC1/C=C(\C#N)C1CCCCC1. The summed E-state index contributed by atoms with van der Waals surface area (Å²) >= 11 is 0. The average Bonchev–Trinajstić information content (AvgIpc) is 2.84. The van der Waals surface area contributed by atoms with Crippen molar-refractivity contribution < 1.29 is 0 Å². The van der Waals surface area contributed by atoms with Gasteiger partial charge in [-0.3, -0.25) is 0 Å². The molecule has 0 spiro atoms. The molecular weight excluding hydrogens is 182 g/mol. The van der Waals surface area contributed by atoms with Crippen LogP contribution in [0, 0.1) is 28.6 Å². The molecule has 2 aliphatic carbocycles. The second kappa shape index (κ2) is 4.00. The van der Waals surface area contributed by atoms with Crippen molar-refractivity contribution >= 4 is 0 Å². The molecule has 0 heterocycles. The first-order valence-corrected chi connectivity index (χ1v) is 6.25. The Kier molecular flexibility index (Phi) is 2.87. The van der Waals surface area contributed by atoms with Crippen LogP contribution < -0.4 is 0 Å². The molecule has 2 rings (SSSR count). The average molecular weight is 203 g/mol. The second-order valence-electron chi connectivity index (χ2n) is 5.87. The minimum atomic E-state index is 0.469. The maximum Gasteiger partial charge on any atom is 0.0946 e. The van der Waals surface area contributed by atoms with Gasteiger partial charge in [0.05, 0.1) is 6.07 Å². The predicted octanol–water partition coefficient (Wildman–Crippen LogP) is 4.06. The zero-order valence-electron chi connectivity index (χ0n) is 9.92. The van der Waals surface area contributed by atoms with Crippen molar-refractivity contribution in [3.8, 4) is 6.07 Å². The van der Waals surface area contributed by atoms with Gasteiger partial charge >= 0.3 is 0 Å². The lowest BCUT2D eigenvalue weighted by atomic mass is 9.83. The quantitative estimate of drug-likeness (QED) is 0.621. The molecule has 82 valence electrons. The van der Waals surface area contributed by atoms with Crippen LogP contribution in [0.4, 0.5) is 0 Å². The van der Waals surface area contributed by atoms with Crippen molar-refractivity contribution in [2.75, 3.05) is 0 Å². The van der Waals surface area contributed by atoms with E-state index in [9.17, 15) is 5.26 Å². The molecule has 0 aromatic heterocycles. The number of rotatable bonds is 2. The van der Waals surface area contributed by atoms with Gasteiger partial charge in [-0.05, 0) is 36.5 Å². The highest BCUT2D eigenvalue weighted by Gasteiger charge is 2.44. The van der Waals surface area contributed by atoms with Crippen LogP contribution >= 0.6 is 0 Å². The molecule has 2 saturated carbocycles. The van der Waals surface area contributed by atoms with Crippen molar-refractivity contribution in [1.29, 1.82) is 5.26 Å². The fourth-order valence-corrected chi connectivity index (χ4v) is 2.69. The monoisotopic (exact) mass is 203 g/mol. The molecule has 2 aliphatic rings. The van der Waals surface area contributed by atoms with E-state index in [1.807, 2.05) is 0 Å². The lowest BCUT2D eigenvalue weighted by Crippen LogP contribution is -2.08. The summed E-state index contributed by atoms with van der Waals surface area (Å²) in [7, 11) is 0. The highest BCUT2D eigenvalue weighted by molar-refractivity contribution is 5.28. The molecule has 15 heavy (non-hydrogen) atoms. The van der Waals surface area contributed by atoms with Crippen molar-refractivity contribution in [3.63, 3.8) is 0 Å². The summed E-state index contributed by atoms with van der Waals surface area (Å²) in [5.74, 6) is 1.26. The van der Waals surface area contributed by atoms with Gasteiger partial charge in [-0.2, -0.15) is 5.26 Å². The zero-order valence-corrected chi connectivity index (χ0v) is 9.92. The van der Waals surface area contributed by atoms with Crippen LogP contribution in [0.1, 0.15) is 52.4 Å². The number of allylic oxidation sites excluding steroid dienone is 2. The van der Waals surface area contributed by atoms with E-state index >= 15 is 0 Å². The Labute approximate surface area is 93.2 Å². The molecule has 0 N–H and O–H groups in total. The van der Waals surface area contributed by atoms with Crippen LogP contribution in [-0.2, 0) is 0 Å². The summed E-state index contributed by atoms with van der Waals surface area (Å²) < 4.78 is 0. The van der Waals surface area contributed by atoms with Crippen molar-refractivity contribution in [2.24, 2.45) is 17.3 Å². The molecule has 0 bridgehead atoms. The molecule has 0 radical (unpaired) electrons. The molecule has 0 aromatic carbocycles. The Morgan fingerprint density at radius 1 is 1.27 bits per heavy atom. The maximum absolute atomic E-state index is 9.21. The van der Waals surface area contributed by atoms with Crippen LogP contribution in [0.15, 0.2) is 11.6 Å². The fraction of sp³-hybridized carbons (Fsp3) is 0.786. The van der Waals surface area contributed by atoms with E-state index in [4.69, 9.17) is 0 Å². The molecule has 1 heteroatoms. The Morgan fingerprint density at radius 2 is 1.87 bits per heavy atom.